The number of para-hydroxylation sites is 1. The fraction of sp³-hybridized carbons (Fsp3) is 0.136. The molecular formula is C22H20F2N2O5S. The molecule has 0 saturated carbocycles. The fourth-order valence-corrected chi connectivity index (χ4v) is 3.95. The summed E-state index contributed by atoms with van der Waals surface area (Å²) in [6, 6.07) is 16.3. The van der Waals surface area contributed by atoms with Crippen molar-refractivity contribution in [3.63, 3.8) is 0 Å². The number of carbonyl (C=O) groups is 1. The maximum absolute atomic E-state index is 12.6. The van der Waals surface area contributed by atoms with E-state index >= 15 is 0 Å². The Hall–Kier alpha value is -3.66. The van der Waals surface area contributed by atoms with Gasteiger partial charge in [-0.1, -0.05) is 18.2 Å². The lowest BCUT2D eigenvalue weighted by Crippen LogP contribution is -2.15. The molecule has 0 aliphatic carbocycles. The van der Waals surface area contributed by atoms with Crippen LogP contribution in [-0.2, 0) is 10.0 Å². The summed E-state index contributed by atoms with van der Waals surface area (Å²) < 4.78 is 62.2. The summed E-state index contributed by atoms with van der Waals surface area (Å²) in [7, 11) is -2.54. The quantitative estimate of drug-likeness (QED) is 0.508. The molecule has 0 atom stereocenters. The Morgan fingerprint density at radius 3 is 2.28 bits per heavy atom. The number of methoxy groups -OCH3 is 1. The van der Waals surface area contributed by atoms with Crippen LogP contribution in [0.25, 0.3) is 0 Å². The number of hydrogen-bond donors (Lipinski definition) is 2. The van der Waals surface area contributed by atoms with E-state index in [0.717, 1.165) is 5.56 Å². The first kappa shape index (κ1) is 23.0. The molecule has 2 N–H and O–H groups in total. The molecule has 32 heavy (non-hydrogen) atoms. The third-order valence-electron chi connectivity index (χ3n) is 4.45. The average Bonchev–Trinajstić information content (AvgIpc) is 2.75. The lowest BCUT2D eigenvalue weighted by atomic mass is 10.2. The van der Waals surface area contributed by atoms with Crippen molar-refractivity contribution in [2.24, 2.45) is 0 Å². The molecule has 0 radical (unpaired) electrons. The van der Waals surface area contributed by atoms with Crippen LogP contribution in [0.15, 0.2) is 71.6 Å². The van der Waals surface area contributed by atoms with E-state index in [1.54, 1.807) is 31.2 Å². The van der Waals surface area contributed by atoms with Crippen LogP contribution in [0, 0.1) is 6.92 Å². The number of nitrogens with one attached hydrogen (secondary N) is 2. The van der Waals surface area contributed by atoms with Crippen LogP contribution in [-0.4, -0.2) is 28.0 Å². The molecule has 0 aromatic heterocycles. The van der Waals surface area contributed by atoms with Crippen molar-refractivity contribution in [3.8, 4) is 11.5 Å². The summed E-state index contributed by atoms with van der Waals surface area (Å²) in [5.41, 5.74) is 1.59. The van der Waals surface area contributed by atoms with Crippen LogP contribution in [0.3, 0.4) is 0 Å². The molecular weight excluding hydrogens is 442 g/mol. The van der Waals surface area contributed by atoms with E-state index in [4.69, 9.17) is 4.74 Å². The van der Waals surface area contributed by atoms with Gasteiger partial charge in [0.2, 0.25) is 0 Å². The molecule has 3 rings (SSSR count). The SMILES string of the molecule is COc1ccc(NC(=O)c2ccc(S(=O)(=O)Nc3ccccc3C)cc2)cc1OC(F)F. The minimum Gasteiger partial charge on any atom is -0.493 e. The summed E-state index contributed by atoms with van der Waals surface area (Å²) in [5, 5.41) is 2.54. The van der Waals surface area contributed by atoms with Gasteiger partial charge in [-0.25, -0.2) is 8.42 Å². The lowest BCUT2D eigenvalue weighted by Gasteiger charge is -2.13. The molecule has 0 heterocycles. The average molecular weight is 462 g/mol. The van der Waals surface area contributed by atoms with Gasteiger partial charge in [-0.3, -0.25) is 9.52 Å². The van der Waals surface area contributed by atoms with Gasteiger partial charge in [0.15, 0.2) is 11.5 Å². The van der Waals surface area contributed by atoms with Crippen molar-refractivity contribution in [1.29, 1.82) is 0 Å². The third kappa shape index (κ3) is 5.52. The summed E-state index contributed by atoms with van der Waals surface area (Å²) in [6.45, 7) is -1.28. The number of halogens is 2. The zero-order valence-electron chi connectivity index (χ0n) is 17.1. The van der Waals surface area contributed by atoms with Gasteiger partial charge in [0.1, 0.15) is 0 Å². The first-order valence-electron chi connectivity index (χ1n) is 9.32. The van der Waals surface area contributed by atoms with Crippen LogP contribution in [0.2, 0.25) is 0 Å². The monoisotopic (exact) mass is 462 g/mol. The second-order valence-electron chi connectivity index (χ2n) is 6.64. The Labute approximate surface area is 184 Å². The number of hydrogen-bond acceptors (Lipinski definition) is 5. The Kier molecular flexibility index (Phi) is 6.94. The zero-order valence-corrected chi connectivity index (χ0v) is 18.0. The maximum Gasteiger partial charge on any atom is 0.387 e. The van der Waals surface area contributed by atoms with E-state index in [1.165, 1.54) is 49.6 Å². The highest BCUT2D eigenvalue weighted by molar-refractivity contribution is 7.92. The minimum atomic E-state index is -3.85. The molecule has 3 aromatic carbocycles. The van der Waals surface area contributed by atoms with E-state index in [1.807, 2.05) is 0 Å². The van der Waals surface area contributed by atoms with Crippen molar-refractivity contribution < 1.29 is 31.5 Å². The second-order valence-corrected chi connectivity index (χ2v) is 8.33. The number of sulfonamides is 1. The predicted octanol–water partition coefficient (Wildman–Crippen LogP) is 4.66. The molecule has 0 aliphatic rings. The number of rotatable bonds is 8. The van der Waals surface area contributed by atoms with Crippen LogP contribution in [0.1, 0.15) is 15.9 Å². The van der Waals surface area contributed by atoms with Crippen molar-refractivity contribution in [2.45, 2.75) is 18.4 Å². The molecule has 0 unspecified atom stereocenters. The van der Waals surface area contributed by atoms with E-state index in [9.17, 15) is 22.0 Å². The van der Waals surface area contributed by atoms with E-state index in [2.05, 4.69) is 14.8 Å². The zero-order chi connectivity index (χ0) is 23.3. The largest absolute Gasteiger partial charge is 0.493 e. The first-order chi connectivity index (χ1) is 15.2. The molecule has 3 aromatic rings. The molecule has 0 spiro atoms. The fourth-order valence-electron chi connectivity index (χ4n) is 2.82. The van der Waals surface area contributed by atoms with E-state index in [-0.39, 0.29) is 27.6 Å². The van der Waals surface area contributed by atoms with Gasteiger partial charge in [0, 0.05) is 17.3 Å². The van der Waals surface area contributed by atoms with Crippen molar-refractivity contribution in [2.75, 3.05) is 17.1 Å². The predicted molar refractivity (Wildman–Crippen MR) is 116 cm³/mol. The highest BCUT2D eigenvalue weighted by Crippen LogP contribution is 2.31. The molecule has 10 heteroatoms. The maximum atomic E-state index is 12.6. The van der Waals surface area contributed by atoms with Gasteiger partial charge < -0.3 is 14.8 Å². The highest BCUT2D eigenvalue weighted by atomic mass is 32.2. The Morgan fingerprint density at radius 1 is 0.969 bits per heavy atom. The van der Waals surface area contributed by atoms with Gasteiger partial charge >= 0.3 is 6.61 Å². The summed E-state index contributed by atoms with van der Waals surface area (Å²) >= 11 is 0. The Balaban J connectivity index is 1.75. The van der Waals surface area contributed by atoms with E-state index < -0.39 is 22.5 Å². The number of ether oxygens (including phenoxy) is 2. The molecule has 7 nitrogen and oxygen atoms in total. The molecule has 0 saturated heterocycles. The molecule has 0 fully saturated rings. The molecule has 168 valence electrons. The Bertz CT molecular complexity index is 1220. The smallest absolute Gasteiger partial charge is 0.387 e. The van der Waals surface area contributed by atoms with Crippen molar-refractivity contribution in [3.05, 3.63) is 77.9 Å². The van der Waals surface area contributed by atoms with Gasteiger partial charge in [0.25, 0.3) is 15.9 Å². The highest BCUT2D eigenvalue weighted by Gasteiger charge is 2.17. The number of benzene rings is 3. The molecule has 1 amide bonds. The van der Waals surface area contributed by atoms with Crippen LogP contribution in [0.5, 0.6) is 11.5 Å². The summed E-state index contributed by atoms with van der Waals surface area (Å²) in [4.78, 5) is 12.5. The van der Waals surface area contributed by atoms with Crippen molar-refractivity contribution >= 4 is 27.3 Å². The number of anilines is 2. The standard InChI is InChI=1S/C22H20F2N2O5S/c1-14-5-3-4-6-18(14)26-32(28,29)17-10-7-15(8-11-17)21(27)25-16-9-12-19(30-2)20(13-16)31-22(23)24/h3-13,22,26H,1-2H3,(H,25,27). The third-order valence-corrected chi connectivity index (χ3v) is 5.84. The van der Waals surface area contributed by atoms with Gasteiger partial charge in [-0.2, -0.15) is 8.78 Å². The number of carbonyl (C=O) groups excluding carboxylic acids is 1. The van der Waals surface area contributed by atoms with Gasteiger partial charge in [-0.05, 0) is 55.0 Å². The summed E-state index contributed by atoms with van der Waals surface area (Å²) in [5.74, 6) is -0.711. The van der Waals surface area contributed by atoms with Crippen molar-refractivity contribution in [1.82, 2.24) is 0 Å². The van der Waals surface area contributed by atoms with Gasteiger partial charge in [0.05, 0.1) is 17.7 Å². The minimum absolute atomic E-state index is 0.0191. The second kappa shape index (κ2) is 9.65. The lowest BCUT2D eigenvalue weighted by molar-refractivity contribution is -0.0511. The normalized spacial score (nSPS) is 11.2. The van der Waals surface area contributed by atoms with Gasteiger partial charge in [-0.15, -0.1) is 0 Å². The number of aryl methyl sites for hydroxylation is 1. The molecule has 0 aliphatic heterocycles. The number of amides is 1. The topological polar surface area (TPSA) is 93.7 Å². The van der Waals surface area contributed by atoms with Crippen LogP contribution >= 0.6 is 0 Å². The summed E-state index contributed by atoms with van der Waals surface area (Å²) in [6.07, 6.45) is 0. The van der Waals surface area contributed by atoms with Crippen LogP contribution < -0.4 is 19.5 Å². The Morgan fingerprint density at radius 2 is 1.66 bits per heavy atom. The molecule has 0 bridgehead atoms. The van der Waals surface area contributed by atoms with E-state index in [0.29, 0.717) is 5.69 Å². The first-order valence-corrected chi connectivity index (χ1v) is 10.8. The number of alkyl halides is 2. The van der Waals surface area contributed by atoms with Crippen LogP contribution in [0.4, 0.5) is 20.2 Å².